The van der Waals surface area contributed by atoms with Crippen LogP contribution < -0.4 is 0 Å². The number of hydrogen-bond donors (Lipinski definition) is 1. The molecular weight excluding hydrogens is 296 g/mol. The van der Waals surface area contributed by atoms with Crippen molar-refractivity contribution in [3.05, 3.63) is 65.5 Å². The first-order valence-electron chi connectivity index (χ1n) is 8.99. The third kappa shape index (κ3) is 5.73. The largest absolute Gasteiger partial charge is 0.388 e. The third-order valence-corrected chi connectivity index (χ3v) is 4.62. The molecule has 1 aromatic carbocycles. The summed E-state index contributed by atoms with van der Waals surface area (Å²) in [5, 5.41) is 10.4. The van der Waals surface area contributed by atoms with Crippen molar-refractivity contribution in [1.29, 1.82) is 0 Å². The van der Waals surface area contributed by atoms with Crippen LogP contribution in [0.3, 0.4) is 0 Å². The van der Waals surface area contributed by atoms with Crippen LogP contribution in [0.2, 0.25) is 0 Å². The lowest BCUT2D eigenvalue weighted by Gasteiger charge is -2.22. The minimum Gasteiger partial charge on any atom is -0.388 e. The van der Waals surface area contributed by atoms with Crippen molar-refractivity contribution < 1.29 is 5.11 Å². The number of hydrogen-bond acceptors (Lipinski definition) is 3. The Morgan fingerprint density at radius 3 is 2.17 bits per heavy atom. The molecule has 3 heteroatoms. The van der Waals surface area contributed by atoms with E-state index in [0.717, 1.165) is 38.0 Å². The van der Waals surface area contributed by atoms with Crippen molar-refractivity contribution in [3.63, 3.8) is 0 Å². The molecule has 0 radical (unpaired) electrons. The molecule has 130 valence electrons. The highest BCUT2D eigenvalue weighted by Crippen LogP contribution is 2.21. The second-order valence-electron chi connectivity index (χ2n) is 6.67. The molecule has 1 N–H and O–H groups in total. The summed E-state index contributed by atoms with van der Waals surface area (Å²) in [5.74, 6) is 0.528. The zero-order valence-electron chi connectivity index (χ0n) is 15.2. The SMILES string of the molecule is CCN(CCc1ccncc1)CCC(O)c1ccc(C(C)C)cc1. The average Bonchev–Trinajstić information content (AvgIpc) is 2.62. The summed E-state index contributed by atoms with van der Waals surface area (Å²) in [6.45, 7) is 9.48. The van der Waals surface area contributed by atoms with Crippen molar-refractivity contribution in [3.8, 4) is 0 Å². The topological polar surface area (TPSA) is 36.4 Å². The maximum Gasteiger partial charge on any atom is 0.0802 e. The standard InChI is InChI=1S/C21H30N2O/c1-4-23(15-11-18-9-13-22-14-10-18)16-12-21(24)20-7-5-19(6-8-20)17(2)3/h5-10,13-14,17,21,24H,4,11-12,15-16H2,1-3H3. The van der Waals surface area contributed by atoms with E-state index in [9.17, 15) is 5.11 Å². The monoisotopic (exact) mass is 326 g/mol. The van der Waals surface area contributed by atoms with Gasteiger partial charge in [0.15, 0.2) is 0 Å². The number of rotatable bonds is 9. The summed E-state index contributed by atoms with van der Waals surface area (Å²) in [6.07, 6.45) is 5.09. The van der Waals surface area contributed by atoms with Gasteiger partial charge in [-0.15, -0.1) is 0 Å². The number of likely N-dealkylation sites (N-methyl/N-ethyl adjacent to an activating group) is 1. The molecule has 0 aliphatic carbocycles. The number of aliphatic hydroxyl groups excluding tert-OH is 1. The molecule has 2 aromatic rings. The van der Waals surface area contributed by atoms with Gasteiger partial charge in [0.1, 0.15) is 0 Å². The van der Waals surface area contributed by atoms with Gasteiger partial charge < -0.3 is 10.0 Å². The van der Waals surface area contributed by atoms with Crippen LogP contribution in [0, 0.1) is 0 Å². The van der Waals surface area contributed by atoms with Crippen molar-refractivity contribution in [2.45, 2.75) is 45.6 Å². The lowest BCUT2D eigenvalue weighted by Crippen LogP contribution is -2.28. The van der Waals surface area contributed by atoms with Crippen LogP contribution >= 0.6 is 0 Å². The molecule has 1 aromatic heterocycles. The van der Waals surface area contributed by atoms with Crippen LogP contribution in [0.5, 0.6) is 0 Å². The van der Waals surface area contributed by atoms with Crippen molar-refractivity contribution in [2.75, 3.05) is 19.6 Å². The lowest BCUT2D eigenvalue weighted by molar-refractivity contribution is 0.144. The number of nitrogens with zero attached hydrogens (tertiary/aromatic N) is 2. The normalized spacial score (nSPS) is 12.8. The Hall–Kier alpha value is -1.71. The first kappa shape index (κ1) is 18.6. The first-order valence-corrected chi connectivity index (χ1v) is 8.99. The summed E-state index contributed by atoms with van der Waals surface area (Å²) in [6, 6.07) is 12.5. The molecule has 1 atom stereocenters. The zero-order chi connectivity index (χ0) is 17.4. The van der Waals surface area contributed by atoms with E-state index in [1.165, 1.54) is 11.1 Å². The minimum atomic E-state index is -0.388. The molecule has 0 fully saturated rings. The Kier molecular flexibility index (Phi) is 7.41. The summed E-state index contributed by atoms with van der Waals surface area (Å²) >= 11 is 0. The lowest BCUT2D eigenvalue weighted by atomic mass is 9.99. The number of pyridine rings is 1. The molecule has 0 aliphatic rings. The average molecular weight is 326 g/mol. The summed E-state index contributed by atoms with van der Waals surface area (Å²) < 4.78 is 0. The van der Waals surface area contributed by atoms with Crippen LogP contribution in [-0.4, -0.2) is 34.6 Å². The van der Waals surface area contributed by atoms with E-state index in [-0.39, 0.29) is 6.10 Å². The molecule has 0 amide bonds. The second kappa shape index (κ2) is 9.55. The fourth-order valence-corrected chi connectivity index (χ4v) is 2.84. The highest BCUT2D eigenvalue weighted by atomic mass is 16.3. The number of aromatic nitrogens is 1. The molecule has 3 nitrogen and oxygen atoms in total. The zero-order valence-corrected chi connectivity index (χ0v) is 15.2. The maximum atomic E-state index is 10.4. The van der Waals surface area contributed by atoms with E-state index in [1.54, 1.807) is 0 Å². The molecule has 0 bridgehead atoms. The molecule has 0 saturated carbocycles. The highest BCUT2D eigenvalue weighted by Gasteiger charge is 2.11. The van der Waals surface area contributed by atoms with Crippen LogP contribution in [0.15, 0.2) is 48.8 Å². The van der Waals surface area contributed by atoms with E-state index >= 15 is 0 Å². The Bertz CT molecular complexity index is 581. The van der Waals surface area contributed by atoms with Crippen LogP contribution in [0.1, 0.15) is 55.9 Å². The Morgan fingerprint density at radius 2 is 1.58 bits per heavy atom. The van der Waals surface area contributed by atoms with Gasteiger partial charge in [-0.1, -0.05) is 45.0 Å². The fourth-order valence-electron chi connectivity index (χ4n) is 2.84. The van der Waals surface area contributed by atoms with E-state index in [1.807, 2.05) is 12.4 Å². The predicted octanol–water partition coefficient (Wildman–Crippen LogP) is 4.19. The van der Waals surface area contributed by atoms with E-state index < -0.39 is 0 Å². The van der Waals surface area contributed by atoms with Crippen molar-refractivity contribution in [2.24, 2.45) is 0 Å². The molecule has 0 spiro atoms. The van der Waals surface area contributed by atoms with Crippen LogP contribution in [-0.2, 0) is 6.42 Å². The molecule has 1 unspecified atom stereocenters. The van der Waals surface area contributed by atoms with E-state index in [4.69, 9.17) is 0 Å². The molecular formula is C21H30N2O. The van der Waals surface area contributed by atoms with Crippen molar-refractivity contribution >= 4 is 0 Å². The molecule has 0 saturated heterocycles. The fraction of sp³-hybridized carbons (Fsp3) is 0.476. The molecule has 24 heavy (non-hydrogen) atoms. The van der Waals surface area contributed by atoms with E-state index in [2.05, 4.69) is 67.1 Å². The Labute approximate surface area is 146 Å². The Balaban J connectivity index is 1.81. The molecule has 2 rings (SSSR count). The molecule has 0 aliphatic heterocycles. The van der Waals surface area contributed by atoms with Crippen LogP contribution in [0.25, 0.3) is 0 Å². The van der Waals surface area contributed by atoms with Gasteiger partial charge in [0.2, 0.25) is 0 Å². The highest BCUT2D eigenvalue weighted by molar-refractivity contribution is 5.26. The summed E-state index contributed by atoms with van der Waals surface area (Å²) in [4.78, 5) is 6.45. The van der Waals surface area contributed by atoms with Gasteiger partial charge in [0.05, 0.1) is 6.10 Å². The van der Waals surface area contributed by atoms with Crippen LogP contribution in [0.4, 0.5) is 0 Å². The smallest absolute Gasteiger partial charge is 0.0802 e. The minimum absolute atomic E-state index is 0.388. The van der Waals surface area contributed by atoms with E-state index in [0.29, 0.717) is 5.92 Å². The van der Waals surface area contributed by atoms with Gasteiger partial charge in [-0.05, 0) is 54.1 Å². The summed E-state index contributed by atoms with van der Waals surface area (Å²) in [7, 11) is 0. The van der Waals surface area contributed by atoms with Gasteiger partial charge in [-0.3, -0.25) is 4.98 Å². The predicted molar refractivity (Wildman–Crippen MR) is 100 cm³/mol. The Morgan fingerprint density at radius 1 is 0.958 bits per heavy atom. The van der Waals surface area contributed by atoms with Crippen molar-refractivity contribution in [1.82, 2.24) is 9.88 Å². The quantitative estimate of drug-likeness (QED) is 0.750. The van der Waals surface area contributed by atoms with Gasteiger partial charge in [-0.2, -0.15) is 0 Å². The third-order valence-electron chi connectivity index (χ3n) is 4.62. The molecule has 1 heterocycles. The van der Waals surface area contributed by atoms with Gasteiger partial charge in [0, 0.05) is 25.5 Å². The number of aliphatic hydroxyl groups is 1. The number of benzene rings is 1. The second-order valence-corrected chi connectivity index (χ2v) is 6.67. The maximum absolute atomic E-state index is 10.4. The van der Waals surface area contributed by atoms with Gasteiger partial charge >= 0.3 is 0 Å². The van der Waals surface area contributed by atoms with Gasteiger partial charge in [0.25, 0.3) is 0 Å². The first-order chi connectivity index (χ1) is 11.6. The summed E-state index contributed by atoms with van der Waals surface area (Å²) in [5.41, 5.74) is 3.65. The van der Waals surface area contributed by atoms with Gasteiger partial charge in [-0.25, -0.2) is 0 Å².